The van der Waals surface area contributed by atoms with E-state index in [2.05, 4.69) is 20.8 Å². The van der Waals surface area contributed by atoms with Gasteiger partial charge in [-0.05, 0) is 104 Å². The minimum absolute atomic E-state index is 0.00361. The number of carbonyl (C=O) groups is 1. The number of aliphatic carboxylic acids is 1. The van der Waals surface area contributed by atoms with Crippen molar-refractivity contribution in [2.45, 2.75) is 97.3 Å². The van der Waals surface area contributed by atoms with Crippen LogP contribution in [-0.2, 0) is 13.9 Å². The van der Waals surface area contributed by atoms with Crippen molar-refractivity contribution < 1.29 is 33.2 Å². The normalized spacial score (nSPS) is 47.2. The van der Waals surface area contributed by atoms with Gasteiger partial charge in [0.25, 0.3) is 0 Å². The smallest absolute Gasteiger partial charge is 0.469 e. The van der Waals surface area contributed by atoms with Gasteiger partial charge in [-0.3, -0.25) is 9.32 Å². The Balaban J connectivity index is 1.51. The van der Waals surface area contributed by atoms with Crippen LogP contribution in [0.2, 0.25) is 0 Å². The molecular weight excluding hydrogens is 434 g/mol. The van der Waals surface area contributed by atoms with E-state index in [1.165, 1.54) is 0 Å². The molecule has 4 rings (SSSR count). The second kappa shape index (κ2) is 8.62. The van der Waals surface area contributed by atoms with E-state index in [9.17, 15) is 19.1 Å². The van der Waals surface area contributed by atoms with Crippen LogP contribution in [0.1, 0.15) is 85.0 Å². The molecule has 0 aliphatic heterocycles. The molecule has 4 aliphatic carbocycles. The van der Waals surface area contributed by atoms with E-state index in [1.54, 1.807) is 0 Å². The molecule has 4 saturated carbocycles. The molecule has 0 spiro atoms. The molecule has 0 bridgehead atoms. The Labute approximate surface area is 190 Å². The Morgan fingerprint density at radius 3 is 2.41 bits per heavy atom. The molecule has 0 aromatic heterocycles. The van der Waals surface area contributed by atoms with Crippen LogP contribution < -0.4 is 0 Å². The van der Waals surface area contributed by atoms with Crippen molar-refractivity contribution in [2.24, 2.45) is 46.3 Å². The van der Waals surface area contributed by atoms with Crippen LogP contribution in [-0.4, -0.2) is 33.1 Å². The molecule has 4 fully saturated rings. The van der Waals surface area contributed by atoms with Crippen molar-refractivity contribution in [3.8, 4) is 0 Å². The van der Waals surface area contributed by atoms with Crippen molar-refractivity contribution in [1.82, 2.24) is 0 Å². The van der Waals surface area contributed by atoms with Crippen LogP contribution >= 0.6 is 7.82 Å². The summed E-state index contributed by atoms with van der Waals surface area (Å²) in [4.78, 5) is 29.5. The maximum atomic E-state index is 15.8. The summed E-state index contributed by atoms with van der Waals surface area (Å²) >= 11 is 0. The molecule has 6 nitrogen and oxygen atoms in total. The molecule has 10 unspecified atom stereocenters. The number of carboxylic acids is 1. The third-order valence-electron chi connectivity index (χ3n) is 10.5. The standard InChI is InChI=1S/C24H40FO6P/c1-14(4-7-21(26)27)17-5-6-18-22-19(9-11-24(17,18)3)23(2)10-8-16(31-32(28,29)30)12-15(23)13-20(22)25/h14-20,22H,4-13H2,1-3H3,(H,26,27)(H2,28,29,30). The Morgan fingerprint density at radius 2 is 1.75 bits per heavy atom. The van der Waals surface area contributed by atoms with Gasteiger partial charge in [-0.1, -0.05) is 20.8 Å². The number of carboxylic acid groups (broad SMARTS) is 1. The first-order valence-electron chi connectivity index (χ1n) is 12.4. The highest BCUT2D eigenvalue weighted by Crippen LogP contribution is 2.69. The third kappa shape index (κ3) is 4.32. The Bertz CT molecular complexity index is 772. The first kappa shape index (κ1) is 24.6. The maximum Gasteiger partial charge on any atom is 0.469 e. The van der Waals surface area contributed by atoms with E-state index in [0.29, 0.717) is 49.4 Å². The van der Waals surface area contributed by atoms with Crippen LogP contribution in [0.4, 0.5) is 4.39 Å². The lowest BCUT2D eigenvalue weighted by Crippen LogP contribution is -2.58. The van der Waals surface area contributed by atoms with Crippen molar-refractivity contribution in [3.05, 3.63) is 0 Å². The zero-order chi connectivity index (χ0) is 23.5. The van der Waals surface area contributed by atoms with Gasteiger partial charge >= 0.3 is 13.8 Å². The largest absolute Gasteiger partial charge is 0.481 e. The summed E-state index contributed by atoms with van der Waals surface area (Å²) in [6.45, 7) is 6.81. The third-order valence-corrected chi connectivity index (χ3v) is 11.0. The highest BCUT2D eigenvalue weighted by Gasteiger charge is 2.63. The van der Waals surface area contributed by atoms with E-state index >= 15 is 4.39 Å². The molecule has 8 heteroatoms. The fourth-order valence-corrected chi connectivity index (χ4v) is 9.53. The molecular formula is C24H40FO6P. The maximum absolute atomic E-state index is 15.8. The summed E-state index contributed by atoms with van der Waals surface area (Å²) in [5.74, 6) is 0.842. The number of alkyl halides is 1. The monoisotopic (exact) mass is 474 g/mol. The topological polar surface area (TPSA) is 104 Å². The van der Waals surface area contributed by atoms with Gasteiger partial charge < -0.3 is 14.9 Å². The number of hydrogen-bond acceptors (Lipinski definition) is 3. The first-order chi connectivity index (χ1) is 14.8. The van der Waals surface area contributed by atoms with Crippen molar-refractivity contribution >= 4 is 13.8 Å². The molecule has 10 atom stereocenters. The zero-order valence-corrected chi connectivity index (χ0v) is 20.5. The minimum Gasteiger partial charge on any atom is -0.481 e. The molecule has 4 aliphatic rings. The molecule has 0 aromatic rings. The lowest BCUT2D eigenvalue weighted by atomic mass is 9.44. The first-order valence-corrected chi connectivity index (χ1v) is 14.0. The summed E-state index contributed by atoms with van der Waals surface area (Å²) < 4.78 is 32.2. The Hall–Kier alpha value is -0.490. The second-order valence-corrected chi connectivity index (χ2v) is 13.1. The average molecular weight is 475 g/mol. The predicted octanol–water partition coefficient (Wildman–Crippen LogP) is 5.57. The van der Waals surface area contributed by atoms with Crippen molar-refractivity contribution in [3.63, 3.8) is 0 Å². The van der Waals surface area contributed by atoms with Crippen LogP contribution in [0, 0.1) is 46.3 Å². The van der Waals surface area contributed by atoms with Crippen LogP contribution in [0.15, 0.2) is 0 Å². The summed E-state index contributed by atoms with van der Waals surface area (Å²) in [5, 5.41) is 9.11. The predicted molar refractivity (Wildman–Crippen MR) is 118 cm³/mol. The van der Waals surface area contributed by atoms with Crippen LogP contribution in [0.5, 0.6) is 0 Å². The molecule has 32 heavy (non-hydrogen) atoms. The van der Waals surface area contributed by atoms with E-state index in [0.717, 1.165) is 32.1 Å². The van der Waals surface area contributed by atoms with Crippen molar-refractivity contribution in [1.29, 1.82) is 0 Å². The van der Waals surface area contributed by atoms with E-state index < -0.39 is 26.1 Å². The molecule has 3 N–H and O–H groups in total. The number of fused-ring (bicyclic) bond motifs is 5. The highest BCUT2D eigenvalue weighted by atomic mass is 31.2. The second-order valence-electron chi connectivity index (χ2n) is 11.9. The average Bonchev–Trinajstić information content (AvgIpc) is 3.03. The highest BCUT2D eigenvalue weighted by molar-refractivity contribution is 7.46. The molecule has 0 radical (unpaired) electrons. The number of rotatable bonds is 6. The van der Waals surface area contributed by atoms with Crippen molar-refractivity contribution in [2.75, 3.05) is 0 Å². The number of halogens is 1. The lowest BCUT2D eigenvalue weighted by molar-refractivity contribution is -0.156. The van der Waals surface area contributed by atoms with Gasteiger partial charge in [-0.2, -0.15) is 0 Å². The van der Waals surface area contributed by atoms with E-state index in [-0.39, 0.29) is 29.1 Å². The van der Waals surface area contributed by atoms with Gasteiger partial charge in [0, 0.05) is 6.42 Å². The quantitative estimate of drug-likeness (QED) is 0.435. The Morgan fingerprint density at radius 1 is 1.09 bits per heavy atom. The van der Waals surface area contributed by atoms with E-state index in [1.807, 2.05) is 0 Å². The van der Waals surface area contributed by atoms with E-state index in [4.69, 9.17) is 9.63 Å². The number of phosphoric ester groups is 1. The molecule has 0 amide bonds. The van der Waals surface area contributed by atoms with Gasteiger partial charge in [0.15, 0.2) is 0 Å². The van der Waals surface area contributed by atoms with Crippen LogP contribution in [0.25, 0.3) is 0 Å². The molecule has 0 saturated heterocycles. The minimum atomic E-state index is -4.53. The lowest BCUT2D eigenvalue weighted by Gasteiger charge is -2.62. The summed E-state index contributed by atoms with van der Waals surface area (Å²) in [7, 11) is -4.53. The SMILES string of the molecule is CC(CCC(=O)O)C1CCC2C3C(F)CC4CC(OP(=O)(O)O)CCC4(C)C3CCC12C. The molecule has 0 aromatic carbocycles. The Kier molecular flexibility index (Phi) is 6.64. The summed E-state index contributed by atoms with van der Waals surface area (Å²) in [5.41, 5.74) is 0.0731. The van der Waals surface area contributed by atoms with Gasteiger partial charge in [0.2, 0.25) is 0 Å². The fraction of sp³-hybridized carbons (Fsp3) is 0.958. The fourth-order valence-electron chi connectivity index (χ4n) is 8.95. The summed E-state index contributed by atoms with van der Waals surface area (Å²) in [6, 6.07) is 0. The van der Waals surface area contributed by atoms with Gasteiger partial charge in [0.1, 0.15) is 6.17 Å². The van der Waals surface area contributed by atoms with Gasteiger partial charge in [-0.25, -0.2) is 8.96 Å². The number of phosphoric acid groups is 1. The number of hydrogen-bond donors (Lipinski definition) is 3. The molecule has 184 valence electrons. The van der Waals surface area contributed by atoms with Crippen LogP contribution in [0.3, 0.4) is 0 Å². The summed E-state index contributed by atoms with van der Waals surface area (Å²) in [6.07, 6.45) is 6.13. The van der Waals surface area contributed by atoms with Gasteiger partial charge in [0.05, 0.1) is 6.10 Å². The van der Waals surface area contributed by atoms with Gasteiger partial charge in [-0.15, -0.1) is 0 Å². The molecule has 0 heterocycles. The zero-order valence-electron chi connectivity index (χ0n) is 19.6.